The molecule has 0 spiro atoms. The van der Waals surface area contributed by atoms with Gasteiger partial charge in [0.15, 0.2) is 5.72 Å². The molecule has 0 radical (unpaired) electrons. The standard InChI is InChI=1S/C16H13ClN2O.C12H16F3N/c17-12-7-5-11(6-8-12)16(20)14-4-2-1-3-13(14)15-18-9-10-19(15)16;1-3-16-9(2)7-10-5-4-6-11(8-10)12(13,14)15/h1-8,20H,9-10H2;4-6,8-9,16H,3,7H2,1-2H3/t;9-/m.0/s1. The van der Waals surface area contributed by atoms with E-state index in [1.165, 1.54) is 12.1 Å². The van der Waals surface area contributed by atoms with Crippen LogP contribution in [-0.4, -0.2) is 41.5 Å². The van der Waals surface area contributed by atoms with Crippen LogP contribution in [0, 0.1) is 0 Å². The molecule has 0 fully saturated rings. The molecular weight excluding hydrogens is 487 g/mol. The van der Waals surface area contributed by atoms with Gasteiger partial charge in [-0.25, -0.2) is 0 Å². The number of aliphatic imine (C=N–C) groups is 1. The maximum Gasteiger partial charge on any atom is 0.416 e. The molecule has 3 aromatic carbocycles. The molecule has 0 saturated carbocycles. The van der Waals surface area contributed by atoms with Crippen molar-refractivity contribution in [2.75, 3.05) is 19.6 Å². The van der Waals surface area contributed by atoms with Crippen molar-refractivity contribution in [2.24, 2.45) is 4.99 Å². The summed E-state index contributed by atoms with van der Waals surface area (Å²) in [5, 5.41) is 15.2. The summed E-state index contributed by atoms with van der Waals surface area (Å²) in [7, 11) is 0. The molecule has 2 heterocycles. The Hall–Kier alpha value is -2.87. The van der Waals surface area contributed by atoms with Crippen LogP contribution in [-0.2, 0) is 18.3 Å². The molecule has 4 nitrogen and oxygen atoms in total. The maximum absolute atomic E-state index is 12.4. The topological polar surface area (TPSA) is 47.9 Å². The van der Waals surface area contributed by atoms with Gasteiger partial charge in [0.25, 0.3) is 0 Å². The summed E-state index contributed by atoms with van der Waals surface area (Å²) in [6, 6.07) is 21.0. The van der Waals surface area contributed by atoms with Crippen molar-refractivity contribution in [1.29, 1.82) is 0 Å². The third-order valence-corrected chi connectivity index (χ3v) is 6.62. The third kappa shape index (κ3) is 5.28. The first kappa shape index (κ1) is 26.2. The average Bonchev–Trinajstić information content (AvgIpc) is 3.42. The molecule has 0 bridgehead atoms. The summed E-state index contributed by atoms with van der Waals surface area (Å²) in [4.78, 5) is 6.51. The Kier molecular flexibility index (Phi) is 7.73. The van der Waals surface area contributed by atoms with E-state index < -0.39 is 17.5 Å². The molecule has 2 N–H and O–H groups in total. The molecule has 2 aliphatic heterocycles. The SMILES string of the molecule is CCN[C@@H](C)Cc1cccc(C(F)(F)F)c1.OC1(c2ccc(Cl)cc2)c2ccccc2C2=NCCN21. The quantitative estimate of drug-likeness (QED) is 0.448. The van der Waals surface area contributed by atoms with Gasteiger partial charge in [-0.15, -0.1) is 0 Å². The third-order valence-electron chi connectivity index (χ3n) is 6.37. The molecule has 0 aromatic heterocycles. The van der Waals surface area contributed by atoms with Gasteiger partial charge >= 0.3 is 6.18 Å². The Labute approximate surface area is 214 Å². The number of fused-ring (bicyclic) bond motifs is 3. The number of likely N-dealkylation sites (N-methyl/N-ethyl adjacent to an activating group) is 1. The van der Waals surface area contributed by atoms with E-state index in [-0.39, 0.29) is 6.04 Å². The predicted octanol–water partition coefficient (Wildman–Crippen LogP) is 5.86. The zero-order valence-corrected chi connectivity index (χ0v) is 20.9. The van der Waals surface area contributed by atoms with Gasteiger partial charge in [-0.1, -0.05) is 73.1 Å². The van der Waals surface area contributed by atoms with Gasteiger partial charge in [-0.3, -0.25) is 4.99 Å². The molecule has 0 amide bonds. The van der Waals surface area contributed by atoms with Crippen LogP contribution in [0.3, 0.4) is 0 Å². The molecule has 36 heavy (non-hydrogen) atoms. The second-order valence-corrected chi connectivity index (χ2v) is 9.38. The molecule has 2 aliphatic rings. The average molecular weight is 516 g/mol. The predicted molar refractivity (Wildman–Crippen MR) is 137 cm³/mol. The van der Waals surface area contributed by atoms with Crippen molar-refractivity contribution >= 4 is 17.4 Å². The largest absolute Gasteiger partial charge is 0.416 e. The van der Waals surface area contributed by atoms with E-state index in [9.17, 15) is 18.3 Å². The summed E-state index contributed by atoms with van der Waals surface area (Å²) in [6.07, 6.45) is -3.64. The van der Waals surface area contributed by atoms with E-state index in [0.29, 0.717) is 17.0 Å². The smallest absolute Gasteiger partial charge is 0.363 e. The number of rotatable bonds is 5. The van der Waals surface area contributed by atoms with Crippen molar-refractivity contribution in [3.05, 3.63) is 106 Å². The van der Waals surface area contributed by atoms with Gasteiger partial charge in [0.1, 0.15) is 5.84 Å². The van der Waals surface area contributed by atoms with Gasteiger partial charge in [-0.2, -0.15) is 13.2 Å². The number of halogens is 4. The number of aliphatic hydroxyl groups is 1. The highest BCUT2D eigenvalue weighted by atomic mass is 35.5. The number of alkyl halides is 3. The van der Waals surface area contributed by atoms with E-state index >= 15 is 0 Å². The lowest BCUT2D eigenvalue weighted by molar-refractivity contribution is -0.137. The summed E-state index contributed by atoms with van der Waals surface area (Å²) in [5.74, 6) is 0.887. The minimum absolute atomic E-state index is 0.188. The van der Waals surface area contributed by atoms with Crippen LogP contribution in [0.15, 0.2) is 77.8 Å². The molecule has 3 aromatic rings. The van der Waals surface area contributed by atoms with E-state index in [2.05, 4.69) is 10.3 Å². The zero-order chi connectivity index (χ0) is 25.9. The fourth-order valence-corrected chi connectivity index (χ4v) is 4.89. The fourth-order valence-electron chi connectivity index (χ4n) is 4.76. The van der Waals surface area contributed by atoms with Crippen LogP contribution in [0.1, 0.15) is 41.7 Å². The summed E-state index contributed by atoms with van der Waals surface area (Å²) < 4.78 is 37.3. The number of hydrogen-bond donors (Lipinski definition) is 2. The first-order valence-electron chi connectivity index (χ1n) is 11.9. The first-order valence-corrected chi connectivity index (χ1v) is 12.3. The van der Waals surface area contributed by atoms with Gasteiger partial charge < -0.3 is 15.3 Å². The molecule has 1 unspecified atom stereocenters. The van der Waals surface area contributed by atoms with Crippen molar-refractivity contribution in [2.45, 2.75) is 38.2 Å². The summed E-state index contributed by atoms with van der Waals surface area (Å²) >= 11 is 5.96. The molecule has 190 valence electrons. The van der Waals surface area contributed by atoms with Crippen molar-refractivity contribution in [3.63, 3.8) is 0 Å². The number of nitrogens with zero attached hydrogens (tertiary/aromatic N) is 2. The molecule has 8 heteroatoms. The van der Waals surface area contributed by atoms with Crippen LogP contribution in [0.25, 0.3) is 0 Å². The lowest BCUT2D eigenvalue weighted by Crippen LogP contribution is -2.43. The van der Waals surface area contributed by atoms with E-state index in [1.54, 1.807) is 6.07 Å². The second-order valence-electron chi connectivity index (χ2n) is 8.94. The highest BCUT2D eigenvalue weighted by Gasteiger charge is 2.49. The Morgan fingerprint density at radius 1 is 1.08 bits per heavy atom. The van der Waals surface area contributed by atoms with Gasteiger partial charge in [0, 0.05) is 34.3 Å². The molecule has 2 atom stereocenters. The van der Waals surface area contributed by atoms with Gasteiger partial charge in [0.2, 0.25) is 0 Å². The maximum atomic E-state index is 12.4. The highest BCUT2D eigenvalue weighted by Crippen LogP contribution is 2.43. The lowest BCUT2D eigenvalue weighted by atomic mass is 9.94. The molecule has 0 aliphatic carbocycles. The van der Waals surface area contributed by atoms with Gasteiger partial charge in [-0.05, 0) is 43.7 Å². The Bertz CT molecular complexity index is 1230. The van der Waals surface area contributed by atoms with Crippen LogP contribution < -0.4 is 5.32 Å². The molecular formula is C28H29ClF3N3O. The van der Waals surface area contributed by atoms with Crippen molar-refractivity contribution in [1.82, 2.24) is 10.2 Å². The minimum atomic E-state index is -4.25. The highest BCUT2D eigenvalue weighted by molar-refractivity contribution is 6.30. The molecule has 5 rings (SSSR count). The Balaban J connectivity index is 0.000000175. The van der Waals surface area contributed by atoms with E-state index in [1.807, 2.05) is 67.3 Å². The number of hydrogen-bond acceptors (Lipinski definition) is 4. The second kappa shape index (κ2) is 10.6. The fraction of sp³-hybridized carbons (Fsp3) is 0.321. The van der Waals surface area contributed by atoms with Crippen LogP contribution >= 0.6 is 11.6 Å². The monoisotopic (exact) mass is 515 g/mol. The Morgan fingerprint density at radius 3 is 2.50 bits per heavy atom. The minimum Gasteiger partial charge on any atom is -0.363 e. The number of nitrogens with one attached hydrogen (secondary N) is 1. The van der Waals surface area contributed by atoms with Crippen LogP contribution in [0.5, 0.6) is 0 Å². The number of benzene rings is 3. The Morgan fingerprint density at radius 2 is 1.81 bits per heavy atom. The van der Waals surface area contributed by atoms with Crippen molar-refractivity contribution in [3.8, 4) is 0 Å². The first-order chi connectivity index (χ1) is 17.1. The molecule has 0 saturated heterocycles. The summed E-state index contributed by atoms with van der Waals surface area (Å²) in [6.45, 7) is 6.20. The summed E-state index contributed by atoms with van der Waals surface area (Å²) in [5.41, 5.74) is 1.72. The van der Waals surface area contributed by atoms with Crippen LogP contribution in [0.4, 0.5) is 13.2 Å². The normalized spacial score (nSPS) is 19.2. The number of amidine groups is 1. The van der Waals surface area contributed by atoms with E-state index in [0.717, 1.165) is 48.2 Å². The zero-order valence-electron chi connectivity index (χ0n) is 20.2. The lowest BCUT2D eigenvalue weighted by Gasteiger charge is -2.33. The van der Waals surface area contributed by atoms with Gasteiger partial charge in [0.05, 0.1) is 12.1 Å². The van der Waals surface area contributed by atoms with Crippen molar-refractivity contribution < 1.29 is 18.3 Å². The van der Waals surface area contributed by atoms with E-state index in [4.69, 9.17) is 11.6 Å². The van der Waals surface area contributed by atoms with Crippen LogP contribution in [0.2, 0.25) is 5.02 Å².